The van der Waals surface area contributed by atoms with Gasteiger partial charge >= 0.3 is 0 Å². The molecule has 0 aromatic heterocycles. The Labute approximate surface area is 115 Å². The number of fused-ring (bicyclic) bond motifs is 1. The first-order valence-electron chi connectivity index (χ1n) is 6.61. The number of nitrogens with one attached hydrogen (secondary N) is 1. The zero-order valence-corrected chi connectivity index (χ0v) is 13.8. The Morgan fingerprint density at radius 2 is 2.06 bits per heavy atom. The van der Waals surface area contributed by atoms with Gasteiger partial charge in [0.2, 0.25) is 0 Å². The minimum atomic E-state index is -0.641. The second-order valence-electron chi connectivity index (χ2n) is 5.50. The van der Waals surface area contributed by atoms with Crippen LogP contribution >= 0.6 is 15.9 Å². The normalized spacial score (nSPS) is 23.4. The summed E-state index contributed by atoms with van der Waals surface area (Å²) in [6.07, 6.45) is 1.26. The van der Waals surface area contributed by atoms with Crippen molar-refractivity contribution >= 4 is 30.4 Å². The van der Waals surface area contributed by atoms with Crippen molar-refractivity contribution in [1.82, 2.24) is 0 Å². The van der Waals surface area contributed by atoms with Gasteiger partial charge in [0.25, 0.3) is 0 Å². The monoisotopic (exact) mass is 311 g/mol. The molecule has 2 rings (SSSR count). The molecular weight excluding hydrogens is 290 g/mol. The fourth-order valence-electron chi connectivity index (χ4n) is 3.24. The molecule has 0 unspecified atom stereocenters. The molecule has 0 aliphatic carbocycles. The van der Waals surface area contributed by atoms with E-state index in [4.69, 9.17) is 0 Å². The van der Waals surface area contributed by atoms with Crippen LogP contribution < -0.4 is 5.32 Å². The van der Waals surface area contributed by atoms with E-state index < -0.39 is 8.80 Å². The van der Waals surface area contributed by atoms with Gasteiger partial charge in [0.05, 0.1) is 0 Å². The van der Waals surface area contributed by atoms with Crippen LogP contribution in [-0.4, -0.2) is 15.3 Å². The predicted molar refractivity (Wildman–Crippen MR) is 82.8 cm³/mol. The first kappa shape index (κ1) is 13.2. The Morgan fingerprint density at radius 1 is 1.35 bits per heavy atom. The quantitative estimate of drug-likeness (QED) is 0.813. The van der Waals surface area contributed by atoms with Crippen LogP contribution in [-0.2, 0) is 6.42 Å². The molecule has 1 aliphatic heterocycles. The number of hydrogen-bond donors (Lipinski definition) is 1. The topological polar surface area (TPSA) is 12.0 Å². The Balaban J connectivity index is 2.27. The lowest BCUT2D eigenvalue weighted by atomic mass is 9.94. The highest BCUT2D eigenvalue weighted by Crippen LogP contribution is 2.43. The SMILES string of the molecule is CC[SiH](CC)[C@@]1(C)CNc2ccc(Br)cc2C1. The van der Waals surface area contributed by atoms with Crippen molar-refractivity contribution in [3.63, 3.8) is 0 Å². The maximum absolute atomic E-state index is 3.64. The van der Waals surface area contributed by atoms with E-state index in [0.29, 0.717) is 5.04 Å². The van der Waals surface area contributed by atoms with Crippen LogP contribution in [0.3, 0.4) is 0 Å². The van der Waals surface area contributed by atoms with Crippen LogP contribution in [0.4, 0.5) is 5.69 Å². The molecule has 1 nitrogen and oxygen atoms in total. The van der Waals surface area contributed by atoms with Gasteiger partial charge in [-0.25, -0.2) is 0 Å². The van der Waals surface area contributed by atoms with Gasteiger partial charge in [-0.1, -0.05) is 48.8 Å². The van der Waals surface area contributed by atoms with Crippen LogP contribution in [0.15, 0.2) is 22.7 Å². The maximum Gasteiger partial charge on any atom is 0.0450 e. The minimum Gasteiger partial charge on any atom is -0.385 e. The summed E-state index contributed by atoms with van der Waals surface area (Å²) in [5.74, 6) is 0. The minimum absolute atomic E-state index is 0.539. The van der Waals surface area contributed by atoms with Gasteiger partial charge in [0, 0.05) is 25.5 Å². The Morgan fingerprint density at radius 3 is 2.71 bits per heavy atom. The van der Waals surface area contributed by atoms with E-state index in [1.807, 2.05) is 0 Å². The molecule has 1 atom stereocenters. The third-order valence-corrected chi connectivity index (χ3v) is 9.16. The summed E-state index contributed by atoms with van der Waals surface area (Å²) in [5.41, 5.74) is 2.83. The second kappa shape index (κ2) is 5.15. The van der Waals surface area contributed by atoms with Gasteiger partial charge < -0.3 is 5.32 Å². The molecule has 0 spiro atoms. The molecule has 1 N–H and O–H groups in total. The molecule has 0 bridgehead atoms. The third-order valence-electron chi connectivity index (χ3n) is 4.32. The second-order valence-corrected chi connectivity index (χ2v) is 10.8. The summed E-state index contributed by atoms with van der Waals surface area (Å²) in [7, 11) is -0.641. The number of hydrogen-bond acceptors (Lipinski definition) is 1. The van der Waals surface area contributed by atoms with E-state index in [9.17, 15) is 0 Å². The summed E-state index contributed by atoms with van der Waals surface area (Å²) < 4.78 is 1.20. The number of rotatable bonds is 3. The molecule has 3 heteroatoms. The molecule has 1 aromatic carbocycles. The lowest BCUT2D eigenvalue weighted by Crippen LogP contribution is -2.39. The average Bonchev–Trinajstić information content (AvgIpc) is 2.29. The van der Waals surface area contributed by atoms with Crippen LogP contribution in [0.5, 0.6) is 0 Å². The smallest absolute Gasteiger partial charge is 0.0450 e. The fourth-order valence-corrected chi connectivity index (χ4v) is 7.10. The molecule has 0 saturated carbocycles. The maximum atomic E-state index is 3.64. The molecule has 1 heterocycles. The van der Waals surface area contributed by atoms with E-state index in [1.54, 1.807) is 0 Å². The van der Waals surface area contributed by atoms with E-state index in [2.05, 4.69) is 60.2 Å². The standard InChI is InChI=1S/C14H22BrNSi/c1-4-17(5-2)14(3)9-11-8-12(15)6-7-13(11)16-10-14/h6-8,16-17H,4-5,9-10H2,1-3H3/t14-/m1/s1. The number of anilines is 1. The highest BCUT2D eigenvalue weighted by Gasteiger charge is 2.36. The molecule has 0 radical (unpaired) electrons. The van der Waals surface area contributed by atoms with Crippen LogP contribution in [0.2, 0.25) is 17.1 Å². The van der Waals surface area contributed by atoms with E-state index >= 15 is 0 Å². The first-order valence-corrected chi connectivity index (χ1v) is 9.61. The van der Waals surface area contributed by atoms with E-state index in [1.165, 1.54) is 40.8 Å². The van der Waals surface area contributed by atoms with Crippen molar-refractivity contribution in [2.24, 2.45) is 0 Å². The molecule has 17 heavy (non-hydrogen) atoms. The summed E-state index contributed by atoms with van der Waals surface area (Å²) in [5, 5.41) is 4.18. The lowest BCUT2D eigenvalue weighted by Gasteiger charge is -2.41. The summed E-state index contributed by atoms with van der Waals surface area (Å²) in [6, 6.07) is 9.45. The van der Waals surface area contributed by atoms with Crippen molar-refractivity contribution in [3.8, 4) is 0 Å². The van der Waals surface area contributed by atoms with Gasteiger partial charge in [0.1, 0.15) is 0 Å². The molecular formula is C14H22BrNSi. The Kier molecular flexibility index (Phi) is 3.98. The Hall–Kier alpha value is -0.283. The van der Waals surface area contributed by atoms with Crippen molar-refractivity contribution in [3.05, 3.63) is 28.2 Å². The van der Waals surface area contributed by atoms with Crippen molar-refractivity contribution in [1.29, 1.82) is 0 Å². The molecule has 1 aromatic rings. The number of halogens is 1. The fraction of sp³-hybridized carbons (Fsp3) is 0.571. The predicted octanol–water partition coefficient (Wildman–Crippen LogP) is 4.44. The van der Waals surface area contributed by atoms with Crippen molar-refractivity contribution in [2.45, 2.75) is 44.3 Å². The summed E-state index contributed by atoms with van der Waals surface area (Å²) >= 11 is 3.58. The van der Waals surface area contributed by atoms with Crippen LogP contribution in [0.1, 0.15) is 26.3 Å². The highest BCUT2D eigenvalue weighted by molar-refractivity contribution is 9.10. The van der Waals surface area contributed by atoms with Gasteiger partial charge in [-0.15, -0.1) is 0 Å². The highest BCUT2D eigenvalue weighted by atomic mass is 79.9. The van der Waals surface area contributed by atoms with E-state index in [0.717, 1.165) is 0 Å². The molecule has 1 aliphatic rings. The number of benzene rings is 1. The lowest BCUT2D eigenvalue weighted by molar-refractivity contribution is 0.596. The summed E-state index contributed by atoms with van der Waals surface area (Å²) in [6.45, 7) is 8.41. The molecule has 0 amide bonds. The zero-order chi connectivity index (χ0) is 12.5. The largest absolute Gasteiger partial charge is 0.385 e. The zero-order valence-electron chi connectivity index (χ0n) is 11.0. The molecule has 0 fully saturated rings. The van der Waals surface area contributed by atoms with Crippen molar-refractivity contribution in [2.75, 3.05) is 11.9 Å². The van der Waals surface area contributed by atoms with Gasteiger partial charge in [0.15, 0.2) is 0 Å². The third kappa shape index (κ3) is 2.60. The van der Waals surface area contributed by atoms with Gasteiger partial charge in [-0.05, 0) is 35.2 Å². The Bertz CT molecular complexity index is 403. The van der Waals surface area contributed by atoms with Gasteiger partial charge in [-0.3, -0.25) is 0 Å². The molecule has 94 valence electrons. The van der Waals surface area contributed by atoms with Crippen LogP contribution in [0.25, 0.3) is 0 Å². The van der Waals surface area contributed by atoms with Crippen LogP contribution in [0, 0.1) is 0 Å². The van der Waals surface area contributed by atoms with E-state index in [-0.39, 0.29) is 0 Å². The van der Waals surface area contributed by atoms with Crippen molar-refractivity contribution < 1.29 is 0 Å². The first-order chi connectivity index (χ1) is 8.09. The molecule has 0 saturated heterocycles. The van der Waals surface area contributed by atoms with Gasteiger partial charge in [-0.2, -0.15) is 0 Å². The summed E-state index contributed by atoms with van der Waals surface area (Å²) in [4.78, 5) is 0. The average molecular weight is 312 g/mol.